The fraction of sp³-hybridized carbons (Fsp3) is 1.00. The van der Waals surface area contributed by atoms with Crippen LogP contribution in [0.15, 0.2) is 0 Å². The Morgan fingerprint density at radius 3 is 1.80 bits per heavy atom. The summed E-state index contributed by atoms with van der Waals surface area (Å²) in [6.45, 7) is 8.86. The van der Waals surface area contributed by atoms with E-state index in [0.29, 0.717) is 12.1 Å². The van der Waals surface area contributed by atoms with Crippen molar-refractivity contribution < 1.29 is 4.57 Å². The van der Waals surface area contributed by atoms with E-state index < -0.39 is 7.44 Å². The lowest BCUT2D eigenvalue weighted by Crippen LogP contribution is -2.12. The van der Waals surface area contributed by atoms with E-state index in [1.165, 1.54) is 32.1 Å². The van der Waals surface area contributed by atoms with Crippen LogP contribution < -0.4 is 0 Å². The molecule has 2 unspecified atom stereocenters. The van der Waals surface area contributed by atoms with Crippen molar-refractivity contribution in [1.29, 1.82) is 0 Å². The summed E-state index contributed by atoms with van der Waals surface area (Å²) in [7, 11) is -2.18. The van der Waals surface area contributed by atoms with E-state index in [-0.39, 0.29) is 0 Å². The van der Waals surface area contributed by atoms with Crippen molar-refractivity contribution in [2.45, 2.75) is 84.2 Å². The van der Waals surface area contributed by atoms with Gasteiger partial charge in [0.2, 0.25) is 7.44 Å². The van der Waals surface area contributed by atoms with Gasteiger partial charge in [0, 0.05) is 31.3 Å². The molecular formula is C16H33N2OP. The average Bonchev–Trinajstić information content (AvgIpc) is 3.35. The molecule has 0 amide bonds. The Morgan fingerprint density at radius 1 is 0.850 bits per heavy atom. The molecule has 2 aliphatic rings. The van der Waals surface area contributed by atoms with Crippen LogP contribution in [-0.4, -0.2) is 40.7 Å². The first kappa shape index (κ1) is 16.5. The molecule has 0 radical (unpaired) electrons. The van der Waals surface area contributed by atoms with E-state index in [2.05, 4.69) is 30.1 Å². The predicted molar refractivity (Wildman–Crippen MR) is 87.4 cm³/mol. The number of unbranched alkanes of at least 4 members (excludes halogenated alkanes) is 5. The fourth-order valence-electron chi connectivity index (χ4n) is 3.29. The number of hydrogen-bond acceptors (Lipinski definition) is 1. The lowest BCUT2D eigenvalue weighted by Gasteiger charge is -2.22. The molecule has 2 fully saturated rings. The zero-order valence-corrected chi connectivity index (χ0v) is 14.6. The van der Waals surface area contributed by atoms with Crippen LogP contribution in [0.5, 0.6) is 0 Å². The topological polar surface area (TPSA) is 23.1 Å². The highest BCUT2D eigenvalue weighted by molar-refractivity contribution is 7.59. The summed E-state index contributed by atoms with van der Waals surface area (Å²) < 4.78 is 18.1. The molecule has 0 saturated carbocycles. The minimum absolute atomic E-state index is 0.610. The van der Waals surface area contributed by atoms with Gasteiger partial charge >= 0.3 is 0 Å². The van der Waals surface area contributed by atoms with E-state index in [1.54, 1.807) is 0 Å². The number of nitrogens with zero attached hydrogens (tertiary/aromatic N) is 2. The van der Waals surface area contributed by atoms with Gasteiger partial charge in [-0.2, -0.15) is 0 Å². The average molecular weight is 300 g/mol. The summed E-state index contributed by atoms with van der Waals surface area (Å²) >= 11 is 0. The Morgan fingerprint density at radius 2 is 1.35 bits per heavy atom. The van der Waals surface area contributed by atoms with E-state index in [4.69, 9.17) is 0 Å². The largest absolute Gasteiger partial charge is 0.289 e. The van der Waals surface area contributed by atoms with Crippen LogP contribution in [0.2, 0.25) is 0 Å². The van der Waals surface area contributed by atoms with Gasteiger partial charge in [-0.1, -0.05) is 52.9 Å². The van der Waals surface area contributed by atoms with Crippen LogP contribution in [0.4, 0.5) is 0 Å². The molecule has 0 aromatic heterocycles. The third-order valence-electron chi connectivity index (χ3n) is 4.92. The maximum absolute atomic E-state index is 13.4. The van der Waals surface area contributed by atoms with Gasteiger partial charge in [0.05, 0.1) is 0 Å². The van der Waals surface area contributed by atoms with Crippen LogP contribution in [0.3, 0.4) is 0 Å². The molecule has 0 spiro atoms. The molecule has 118 valence electrons. The van der Waals surface area contributed by atoms with E-state index in [9.17, 15) is 4.57 Å². The second-order valence-corrected chi connectivity index (χ2v) is 9.33. The summed E-state index contributed by atoms with van der Waals surface area (Å²) in [5, 5.41) is 0. The number of rotatable bonds is 11. The van der Waals surface area contributed by atoms with Crippen LogP contribution in [0.25, 0.3) is 0 Å². The minimum atomic E-state index is -2.18. The monoisotopic (exact) mass is 300 g/mol. The Labute approximate surface area is 125 Å². The molecule has 0 bridgehead atoms. The van der Waals surface area contributed by atoms with Crippen molar-refractivity contribution in [2.24, 2.45) is 0 Å². The first-order chi connectivity index (χ1) is 9.67. The van der Waals surface area contributed by atoms with Crippen molar-refractivity contribution in [3.63, 3.8) is 0 Å². The first-order valence-electron chi connectivity index (χ1n) is 8.80. The standard InChI is InChI=1S/C16H33N2OP/c1-4-7-8-9-10-11-12-20(19,17-13-15(17)5-2)18-14-16(18)6-3/h15-16H,4-14H2,1-3H3/t15-,16-,17?,18?,20?/m1/s1. The SMILES string of the molecule is CCCCCCCCP(=O)(N1C[C@H]1CC)N1C[C@H]1CC. The highest BCUT2D eigenvalue weighted by atomic mass is 31.2. The second kappa shape index (κ2) is 7.42. The predicted octanol–water partition coefficient (Wildman–Crippen LogP) is 4.73. The summed E-state index contributed by atoms with van der Waals surface area (Å²) in [4.78, 5) is 0. The molecule has 0 N–H and O–H groups in total. The maximum atomic E-state index is 13.4. The van der Waals surface area contributed by atoms with Gasteiger partial charge in [0.15, 0.2) is 0 Å². The Balaban J connectivity index is 1.77. The van der Waals surface area contributed by atoms with E-state index in [0.717, 1.165) is 38.5 Å². The molecule has 2 rings (SSSR count). The highest BCUT2D eigenvalue weighted by Gasteiger charge is 2.55. The van der Waals surface area contributed by atoms with Gasteiger partial charge in [0.25, 0.3) is 0 Å². The lowest BCUT2D eigenvalue weighted by atomic mass is 10.1. The molecule has 0 aliphatic carbocycles. The van der Waals surface area contributed by atoms with Crippen molar-refractivity contribution in [2.75, 3.05) is 19.3 Å². The first-order valence-corrected chi connectivity index (χ1v) is 10.6. The van der Waals surface area contributed by atoms with E-state index in [1.807, 2.05) is 0 Å². The molecule has 2 aliphatic heterocycles. The van der Waals surface area contributed by atoms with Gasteiger partial charge < -0.3 is 0 Å². The lowest BCUT2D eigenvalue weighted by molar-refractivity contribution is 0.492. The molecule has 20 heavy (non-hydrogen) atoms. The Kier molecular flexibility index (Phi) is 6.13. The highest BCUT2D eigenvalue weighted by Crippen LogP contribution is 2.65. The third kappa shape index (κ3) is 3.87. The summed E-state index contributed by atoms with van der Waals surface area (Å²) in [5.41, 5.74) is 0. The van der Waals surface area contributed by atoms with Gasteiger partial charge in [0.1, 0.15) is 0 Å². The van der Waals surface area contributed by atoms with Crippen LogP contribution >= 0.6 is 7.44 Å². The third-order valence-corrected chi connectivity index (χ3v) is 8.40. The molecule has 3 nitrogen and oxygen atoms in total. The molecule has 4 atom stereocenters. The van der Waals surface area contributed by atoms with Crippen LogP contribution in [0, 0.1) is 0 Å². The molecule has 4 heteroatoms. The van der Waals surface area contributed by atoms with Crippen molar-refractivity contribution in [3.8, 4) is 0 Å². The second-order valence-electron chi connectivity index (χ2n) is 6.52. The fourth-order valence-corrected chi connectivity index (χ4v) is 6.96. The molecular weight excluding hydrogens is 267 g/mol. The van der Waals surface area contributed by atoms with Gasteiger partial charge in [-0.05, 0) is 19.3 Å². The number of hydrogen-bond donors (Lipinski definition) is 0. The van der Waals surface area contributed by atoms with Crippen LogP contribution in [0.1, 0.15) is 72.1 Å². The van der Waals surface area contributed by atoms with Crippen molar-refractivity contribution in [3.05, 3.63) is 0 Å². The molecule has 2 heterocycles. The molecule has 0 aromatic rings. The van der Waals surface area contributed by atoms with E-state index >= 15 is 0 Å². The molecule has 2 saturated heterocycles. The normalized spacial score (nSPS) is 34.8. The summed E-state index contributed by atoms with van der Waals surface area (Å²) in [5.74, 6) is 0. The van der Waals surface area contributed by atoms with Crippen molar-refractivity contribution in [1.82, 2.24) is 9.34 Å². The van der Waals surface area contributed by atoms with Crippen LogP contribution in [-0.2, 0) is 4.57 Å². The smallest absolute Gasteiger partial charge is 0.217 e. The maximum Gasteiger partial charge on any atom is 0.217 e. The zero-order valence-electron chi connectivity index (χ0n) is 13.7. The van der Waals surface area contributed by atoms with Gasteiger partial charge in [-0.3, -0.25) is 4.57 Å². The summed E-state index contributed by atoms with van der Waals surface area (Å²) in [6, 6.07) is 1.22. The van der Waals surface area contributed by atoms with Gasteiger partial charge in [-0.15, -0.1) is 0 Å². The molecule has 0 aromatic carbocycles. The van der Waals surface area contributed by atoms with Gasteiger partial charge in [-0.25, -0.2) is 9.34 Å². The quantitative estimate of drug-likeness (QED) is 0.313. The zero-order chi connectivity index (χ0) is 14.6. The Bertz CT molecular complexity index is 325. The van der Waals surface area contributed by atoms with Crippen molar-refractivity contribution >= 4 is 7.44 Å². The summed E-state index contributed by atoms with van der Waals surface area (Å²) in [6.07, 6.45) is 11.0. The Hall–Kier alpha value is 0.150. The minimum Gasteiger partial charge on any atom is -0.289 e.